The fourth-order valence-corrected chi connectivity index (χ4v) is 2.74. The van der Waals surface area contributed by atoms with Gasteiger partial charge in [0, 0.05) is 6.04 Å². The molecular weight excluding hydrogens is 264 g/mol. The molecule has 108 valence electrons. The van der Waals surface area contributed by atoms with Gasteiger partial charge in [-0.15, -0.1) is 0 Å². The lowest BCUT2D eigenvalue weighted by Gasteiger charge is -2.30. The number of nitrogens with zero attached hydrogens (tertiary/aromatic N) is 1. The van der Waals surface area contributed by atoms with Gasteiger partial charge >= 0.3 is 0 Å². The van der Waals surface area contributed by atoms with Crippen molar-refractivity contribution in [2.24, 2.45) is 5.73 Å². The molecule has 1 aliphatic carbocycles. The zero-order valence-electron chi connectivity index (χ0n) is 11.6. The van der Waals surface area contributed by atoms with Crippen molar-refractivity contribution in [3.05, 3.63) is 59.2 Å². The van der Waals surface area contributed by atoms with Crippen LogP contribution in [0.15, 0.2) is 42.6 Å². The summed E-state index contributed by atoms with van der Waals surface area (Å²) >= 11 is 0. The Morgan fingerprint density at radius 3 is 2.67 bits per heavy atom. The quantitative estimate of drug-likeness (QED) is 0.596. The predicted molar refractivity (Wildman–Crippen MR) is 80.4 cm³/mol. The monoisotopic (exact) mass is 282 g/mol. The molecule has 2 atom stereocenters. The summed E-state index contributed by atoms with van der Waals surface area (Å²) in [6.45, 7) is 0. The van der Waals surface area contributed by atoms with Gasteiger partial charge in [0.25, 0.3) is 0 Å². The Morgan fingerprint density at radius 2 is 1.90 bits per heavy atom. The van der Waals surface area contributed by atoms with Gasteiger partial charge < -0.3 is 10.5 Å². The third-order valence-corrected chi connectivity index (χ3v) is 3.85. The first-order chi connectivity index (χ1) is 10.2. The zero-order chi connectivity index (χ0) is 14.8. The number of ether oxygens (including phenoxy) is 1. The molecule has 1 aromatic heterocycles. The highest BCUT2D eigenvalue weighted by Gasteiger charge is 2.26. The standard InChI is InChI=1S/C16H18N4O/c17-10-20-9-11(5-8-16(20)19)21-15-7-6-14(18)12-3-1-2-4-13(12)15/h1-5,8-10,14-15,17,19H,6-7,18H2. The van der Waals surface area contributed by atoms with E-state index in [0.717, 1.165) is 30.3 Å². The van der Waals surface area contributed by atoms with Gasteiger partial charge in [-0.3, -0.25) is 15.4 Å². The highest BCUT2D eigenvalue weighted by Crippen LogP contribution is 2.37. The van der Waals surface area contributed by atoms with Crippen LogP contribution in [0.2, 0.25) is 0 Å². The maximum atomic E-state index is 7.67. The Bertz CT molecular complexity index is 722. The maximum absolute atomic E-state index is 7.67. The number of nitrogens with one attached hydrogen (secondary N) is 2. The largest absolute Gasteiger partial charge is 0.484 e. The fraction of sp³-hybridized carbons (Fsp3) is 0.250. The van der Waals surface area contributed by atoms with Gasteiger partial charge in [0.15, 0.2) is 0 Å². The summed E-state index contributed by atoms with van der Waals surface area (Å²) in [4.78, 5) is 0. The van der Waals surface area contributed by atoms with Crippen LogP contribution in [0.5, 0.6) is 5.75 Å². The van der Waals surface area contributed by atoms with E-state index in [9.17, 15) is 0 Å². The molecule has 0 radical (unpaired) electrons. The molecule has 0 amide bonds. The van der Waals surface area contributed by atoms with Crippen LogP contribution >= 0.6 is 0 Å². The molecule has 3 rings (SSSR count). The molecule has 0 saturated carbocycles. The molecule has 0 fully saturated rings. The number of pyridine rings is 1. The van der Waals surface area contributed by atoms with Gasteiger partial charge in [0.05, 0.1) is 12.5 Å². The van der Waals surface area contributed by atoms with Crippen LogP contribution < -0.4 is 16.0 Å². The summed E-state index contributed by atoms with van der Waals surface area (Å²) in [6.07, 6.45) is 4.48. The SMILES string of the molecule is N=Cn1cc(OC2CCC(N)c3ccccc32)ccc1=N. The van der Waals surface area contributed by atoms with E-state index in [-0.39, 0.29) is 17.6 Å². The average molecular weight is 282 g/mol. The van der Waals surface area contributed by atoms with Crippen molar-refractivity contribution >= 4 is 6.34 Å². The first-order valence-corrected chi connectivity index (χ1v) is 6.97. The molecule has 2 unspecified atom stereocenters. The van der Waals surface area contributed by atoms with Gasteiger partial charge in [-0.2, -0.15) is 0 Å². The molecule has 2 aromatic rings. The minimum absolute atomic E-state index is 0.0308. The molecule has 5 heteroatoms. The van der Waals surface area contributed by atoms with Crippen molar-refractivity contribution < 1.29 is 4.74 Å². The van der Waals surface area contributed by atoms with E-state index < -0.39 is 0 Å². The number of hydrogen-bond donors (Lipinski definition) is 3. The molecule has 5 nitrogen and oxygen atoms in total. The predicted octanol–water partition coefficient (Wildman–Crippen LogP) is 2.34. The van der Waals surface area contributed by atoms with Crippen molar-refractivity contribution in [3.8, 4) is 5.75 Å². The molecule has 0 spiro atoms. The van der Waals surface area contributed by atoms with E-state index in [0.29, 0.717) is 5.75 Å². The second-order valence-corrected chi connectivity index (χ2v) is 5.21. The smallest absolute Gasteiger partial charge is 0.137 e. The Balaban J connectivity index is 1.91. The van der Waals surface area contributed by atoms with Crippen molar-refractivity contribution in [1.82, 2.24) is 4.57 Å². The van der Waals surface area contributed by atoms with E-state index >= 15 is 0 Å². The minimum Gasteiger partial charge on any atom is -0.484 e. The lowest BCUT2D eigenvalue weighted by atomic mass is 9.86. The first-order valence-electron chi connectivity index (χ1n) is 6.97. The zero-order valence-corrected chi connectivity index (χ0v) is 11.6. The molecule has 21 heavy (non-hydrogen) atoms. The van der Waals surface area contributed by atoms with Crippen molar-refractivity contribution in [1.29, 1.82) is 10.8 Å². The minimum atomic E-state index is -0.0308. The maximum Gasteiger partial charge on any atom is 0.137 e. The topological polar surface area (TPSA) is 87.9 Å². The van der Waals surface area contributed by atoms with E-state index in [1.165, 1.54) is 4.57 Å². The molecule has 0 saturated heterocycles. The summed E-state index contributed by atoms with van der Waals surface area (Å²) in [5.41, 5.74) is 8.68. The van der Waals surface area contributed by atoms with Crippen LogP contribution in [0, 0.1) is 10.8 Å². The van der Waals surface area contributed by atoms with Gasteiger partial charge in [-0.1, -0.05) is 24.3 Å². The van der Waals surface area contributed by atoms with Crippen molar-refractivity contribution in [2.75, 3.05) is 0 Å². The number of hydrogen-bond acceptors (Lipinski definition) is 4. The summed E-state index contributed by atoms with van der Waals surface area (Å²) < 4.78 is 7.48. The molecule has 1 aromatic carbocycles. The third kappa shape index (κ3) is 2.60. The van der Waals surface area contributed by atoms with E-state index in [4.69, 9.17) is 21.3 Å². The van der Waals surface area contributed by atoms with E-state index in [2.05, 4.69) is 12.1 Å². The first kappa shape index (κ1) is 13.6. The van der Waals surface area contributed by atoms with Gasteiger partial charge in [-0.05, 0) is 36.1 Å². The highest BCUT2D eigenvalue weighted by atomic mass is 16.5. The van der Waals surface area contributed by atoms with Gasteiger partial charge in [-0.25, -0.2) is 0 Å². The Hall–Kier alpha value is -2.40. The lowest BCUT2D eigenvalue weighted by Crippen LogP contribution is -2.24. The Kier molecular flexibility index (Phi) is 3.58. The molecule has 4 N–H and O–H groups in total. The van der Waals surface area contributed by atoms with Gasteiger partial charge in [0.2, 0.25) is 0 Å². The lowest BCUT2D eigenvalue weighted by molar-refractivity contribution is 0.176. The number of nitrogens with two attached hydrogens (primary N) is 1. The Labute approximate surface area is 123 Å². The van der Waals surface area contributed by atoms with Crippen molar-refractivity contribution in [2.45, 2.75) is 25.0 Å². The number of aromatic nitrogens is 1. The van der Waals surface area contributed by atoms with Crippen molar-refractivity contribution in [3.63, 3.8) is 0 Å². The van der Waals surface area contributed by atoms with E-state index in [1.54, 1.807) is 18.3 Å². The highest BCUT2D eigenvalue weighted by molar-refractivity contribution is 5.54. The second kappa shape index (κ2) is 5.54. The van der Waals surface area contributed by atoms with Crippen LogP contribution in [0.25, 0.3) is 0 Å². The number of fused-ring (bicyclic) bond motifs is 1. The molecule has 0 bridgehead atoms. The molecular formula is C16H18N4O. The third-order valence-electron chi connectivity index (χ3n) is 3.85. The van der Waals surface area contributed by atoms with Gasteiger partial charge in [0.1, 0.15) is 17.3 Å². The number of rotatable bonds is 3. The molecule has 1 heterocycles. The summed E-state index contributed by atoms with van der Waals surface area (Å²) in [7, 11) is 0. The van der Waals surface area contributed by atoms with Crippen LogP contribution in [0.3, 0.4) is 0 Å². The number of benzene rings is 1. The van der Waals surface area contributed by atoms with Crippen LogP contribution in [-0.4, -0.2) is 10.9 Å². The molecule has 1 aliphatic rings. The fourth-order valence-electron chi connectivity index (χ4n) is 2.74. The Morgan fingerprint density at radius 1 is 1.14 bits per heavy atom. The summed E-state index contributed by atoms with van der Waals surface area (Å²) in [6, 6.07) is 11.6. The average Bonchev–Trinajstić information content (AvgIpc) is 2.52. The van der Waals surface area contributed by atoms with E-state index in [1.807, 2.05) is 12.1 Å². The molecule has 0 aliphatic heterocycles. The normalized spacial score (nSPS) is 20.6. The van der Waals surface area contributed by atoms with Crippen LogP contribution in [0.1, 0.15) is 36.1 Å². The summed E-state index contributed by atoms with van der Waals surface area (Å²) in [5.74, 6) is 0.657. The summed E-state index contributed by atoms with van der Waals surface area (Å²) in [5, 5.41) is 15.0. The second-order valence-electron chi connectivity index (χ2n) is 5.21. The van der Waals surface area contributed by atoms with Crippen LogP contribution in [-0.2, 0) is 0 Å². The van der Waals surface area contributed by atoms with Crippen LogP contribution in [0.4, 0.5) is 0 Å².